The predicted molar refractivity (Wildman–Crippen MR) is 63.6 cm³/mol. The van der Waals surface area contributed by atoms with E-state index in [0.717, 1.165) is 25.0 Å². The van der Waals surface area contributed by atoms with Crippen molar-refractivity contribution >= 4 is 11.8 Å². The molecule has 0 aromatic carbocycles. The number of hydrogen-bond acceptors (Lipinski definition) is 3. The van der Waals surface area contributed by atoms with Crippen LogP contribution in [0.4, 0.5) is 0 Å². The number of aliphatic hydroxyl groups is 1. The topological polar surface area (TPSA) is 46.2 Å². The van der Waals surface area contributed by atoms with E-state index in [1.807, 2.05) is 32.5 Å². The Hall–Kier alpha value is 0.270. The normalized spacial score (nSPS) is 39.0. The van der Waals surface area contributed by atoms with E-state index in [1.165, 1.54) is 0 Å². The molecule has 1 rings (SSSR count). The van der Waals surface area contributed by atoms with Gasteiger partial charge in [-0.2, -0.15) is 11.8 Å². The molecule has 1 aliphatic carbocycles. The first-order valence-corrected chi connectivity index (χ1v) is 6.30. The van der Waals surface area contributed by atoms with Gasteiger partial charge in [0.2, 0.25) is 0 Å². The lowest BCUT2D eigenvalue weighted by molar-refractivity contribution is 0.0436. The minimum absolute atomic E-state index is 0.0103. The Kier molecular flexibility index (Phi) is 3.25. The fourth-order valence-electron chi connectivity index (χ4n) is 1.88. The Labute approximate surface area is 91.6 Å². The molecule has 0 bridgehead atoms. The Bertz CT molecular complexity index is 210. The molecule has 2 unspecified atom stereocenters. The van der Waals surface area contributed by atoms with Crippen LogP contribution in [0.25, 0.3) is 0 Å². The Morgan fingerprint density at radius 2 is 1.93 bits per heavy atom. The van der Waals surface area contributed by atoms with Gasteiger partial charge in [0.1, 0.15) is 0 Å². The zero-order chi connectivity index (χ0) is 11.0. The lowest BCUT2D eigenvalue weighted by Crippen LogP contribution is -2.45. The molecule has 0 amide bonds. The largest absolute Gasteiger partial charge is 0.389 e. The summed E-state index contributed by atoms with van der Waals surface area (Å²) in [5, 5.41) is 10.2. The third-order valence-corrected chi connectivity index (χ3v) is 5.39. The van der Waals surface area contributed by atoms with E-state index >= 15 is 0 Å². The number of rotatable bonds is 3. The second kappa shape index (κ2) is 3.69. The van der Waals surface area contributed by atoms with Crippen molar-refractivity contribution in [3.05, 3.63) is 0 Å². The van der Waals surface area contributed by atoms with Crippen LogP contribution in [-0.4, -0.2) is 26.7 Å². The van der Waals surface area contributed by atoms with Crippen LogP contribution in [-0.2, 0) is 0 Å². The average Bonchev–Trinajstić information content (AvgIpc) is 2.23. The summed E-state index contributed by atoms with van der Waals surface area (Å²) in [6, 6.07) is 0. The second-order valence-corrected chi connectivity index (χ2v) is 7.11. The molecule has 2 atom stereocenters. The van der Waals surface area contributed by atoms with Gasteiger partial charge in [0.15, 0.2) is 0 Å². The van der Waals surface area contributed by atoms with Crippen LogP contribution in [0.3, 0.4) is 0 Å². The van der Waals surface area contributed by atoms with E-state index < -0.39 is 5.60 Å². The highest BCUT2D eigenvalue weighted by molar-refractivity contribution is 8.00. The summed E-state index contributed by atoms with van der Waals surface area (Å²) in [6.45, 7) is 8.19. The predicted octanol–water partition coefficient (Wildman–Crippen LogP) is 2.15. The Morgan fingerprint density at radius 3 is 2.29 bits per heavy atom. The maximum atomic E-state index is 10.2. The van der Waals surface area contributed by atoms with Gasteiger partial charge in [-0.3, -0.25) is 0 Å². The molecule has 3 heteroatoms. The highest BCUT2D eigenvalue weighted by atomic mass is 32.2. The summed E-state index contributed by atoms with van der Waals surface area (Å²) in [7, 11) is 0. The van der Waals surface area contributed by atoms with E-state index in [1.54, 1.807) is 0 Å². The van der Waals surface area contributed by atoms with Crippen molar-refractivity contribution in [2.45, 2.75) is 62.8 Å². The standard InChI is InChI=1S/C11H23NOS/c1-9(2,12)8-14-11(4)7-5-6-10(11,3)13/h13H,5-8,12H2,1-4H3. The van der Waals surface area contributed by atoms with Crippen molar-refractivity contribution in [3.8, 4) is 0 Å². The number of hydrogen-bond donors (Lipinski definition) is 2. The monoisotopic (exact) mass is 217 g/mol. The summed E-state index contributed by atoms with van der Waals surface area (Å²) >= 11 is 1.83. The van der Waals surface area contributed by atoms with Crippen molar-refractivity contribution in [1.29, 1.82) is 0 Å². The zero-order valence-corrected chi connectivity index (χ0v) is 10.6. The molecule has 1 fully saturated rings. The lowest BCUT2D eigenvalue weighted by atomic mass is 9.94. The molecular formula is C11H23NOS. The minimum Gasteiger partial charge on any atom is -0.389 e. The van der Waals surface area contributed by atoms with Crippen LogP contribution in [0, 0.1) is 0 Å². The van der Waals surface area contributed by atoms with Gasteiger partial charge in [0, 0.05) is 16.0 Å². The maximum Gasteiger partial charge on any atom is 0.0763 e. The van der Waals surface area contributed by atoms with E-state index in [2.05, 4.69) is 6.92 Å². The molecule has 0 aromatic rings. The van der Waals surface area contributed by atoms with Gasteiger partial charge in [-0.25, -0.2) is 0 Å². The first kappa shape index (κ1) is 12.3. The first-order valence-electron chi connectivity index (χ1n) is 5.32. The van der Waals surface area contributed by atoms with Gasteiger partial charge < -0.3 is 10.8 Å². The van der Waals surface area contributed by atoms with Crippen LogP contribution in [0.15, 0.2) is 0 Å². The molecule has 0 aromatic heterocycles. The Morgan fingerprint density at radius 1 is 1.36 bits per heavy atom. The number of thioether (sulfide) groups is 1. The van der Waals surface area contributed by atoms with Crippen LogP contribution >= 0.6 is 11.8 Å². The summed E-state index contributed by atoms with van der Waals surface area (Å²) in [5.74, 6) is 0.902. The molecule has 3 N–H and O–H groups in total. The van der Waals surface area contributed by atoms with Crippen LogP contribution < -0.4 is 5.73 Å². The lowest BCUT2D eigenvalue weighted by Gasteiger charge is -2.38. The first-order chi connectivity index (χ1) is 6.16. The Balaban J connectivity index is 2.58. The second-order valence-electron chi connectivity index (χ2n) is 5.64. The highest BCUT2D eigenvalue weighted by Gasteiger charge is 2.47. The maximum absolute atomic E-state index is 10.2. The van der Waals surface area contributed by atoms with Crippen LogP contribution in [0.1, 0.15) is 47.0 Å². The molecule has 0 spiro atoms. The van der Waals surface area contributed by atoms with Crippen molar-refractivity contribution in [1.82, 2.24) is 0 Å². The van der Waals surface area contributed by atoms with Gasteiger partial charge in [0.05, 0.1) is 5.60 Å². The fourth-order valence-corrected chi connectivity index (χ4v) is 3.27. The summed E-state index contributed by atoms with van der Waals surface area (Å²) < 4.78 is -0.0103. The highest BCUT2D eigenvalue weighted by Crippen LogP contribution is 2.48. The summed E-state index contributed by atoms with van der Waals surface area (Å²) in [6.07, 6.45) is 3.14. The van der Waals surface area contributed by atoms with Crippen molar-refractivity contribution < 1.29 is 5.11 Å². The SMILES string of the molecule is CC(C)(N)CSC1(C)CCCC1(C)O. The fraction of sp³-hybridized carbons (Fsp3) is 1.00. The summed E-state index contributed by atoms with van der Waals surface area (Å²) in [5.41, 5.74) is 5.29. The molecular weight excluding hydrogens is 194 g/mol. The van der Waals surface area contributed by atoms with Crippen LogP contribution in [0.2, 0.25) is 0 Å². The third kappa shape index (κ3) is 2.65. The summed E-state index contributed by atoms with van der Waals surface area (Å²) in [4.78, 5) is 0. The van der Waals surface area contributed by atoms with E-state index in [9.17, 15) is 5.11 Å². The van der Waals surface area contributed by atoms with Crippen molar-refractivity contribution in [2.24, 2.45) is 5.73 Å². The molecule has 0 aliphatic heterocycles. The van der Waals surface area contributed by atoms with Crippen LogP contribution in [0.5, 0.6) is 0 Å². The van der Waals surface area contributed by atoms with Gasteiger partial charge in [0.25, 0.3) is 0 Å². The molecule has 14 heavy (non-hydrogen) atoms. The van der Waals surface area contributed by atoms with Crippen molar-refractivity contribution in [2.75, 3.05) is 5.75 Å². The molecule has 0 heterocycles. The molecule has 84 valence electrons. The van der Waals surface area contributed by atoms with Gasteiger partial charge >= 0.3 is 0 Å². The molecule has 0 saturated heterocycles. The zero-order valence-electron chi connectivity index (χ0n) is 9.76. The van der Waals surface area contributed by atoms with E-state index in [-0.39, 0.29) is 10.3 Å². The quantitative estimate of drug-likeness (QED) is 0.761. The smallest absolute Gasteiger partial charge is 0.0763 e. The molecule has 0 radical (unpaired) electrons. The van der Waals surface area contributed by atoms with E-state index in [4.69, 9.17) is 5.73 Å². The van der Waals surface area contributed by atoms with Gasteiger partial charge in [-0.1, -0.05) is 0 Å². The molecule has 2 nitrogen and oxygen atoms in total. The van der Waals surface area contributed by atoms with Crippen molar-refractivity contribution in [3.63, 3.8) is 0 Å². The molecule has 1 saturated carbocycles. The third-order valence-electron chi connectivity index (χ3n) is 3.22. The minimum atomic E-state index is -0.525. The average molecular weight is 217 g/mol. The molecule has 1 aliphatic rings. The van der Waals surface area contributed by atoms with E-state index in [0.29, 0.717) is 0 Å². The van der Waals surface area contributed by atoms with Gasteiger partial charge in [-0.15, -0.1) is 0 Å². The number of nitrogens with two attached hydrogens (primary N) is 1. The van der Waals surface area contributed by atoms with Gasteiger partial charge in [-0.05, 0) is 47.0 Å².